The first-order chi connectivity index (χ1) is 13.0. The number of hydrazone groups is 1. The zero-order valence-corrected chi connectivity index (χ0v) is 15.4. The van der Waals surface area contributed by atoms with E-state index >= 15 is 0 Å². The smallest absolute Gasteiger partial charge is 0.255 e. The number of fused-ring (bicyclic) bond motifs is 1. The lowest BCUT2D eigenvalue weighted by Crippen LogP contribution is -2.49. The molecule has 6 heteroatoms. The van der Waals surface area contributed by atoms with Crippen molar-refractivity contribution in [2.24, 2.45) is 5.10 Å². The van der Waals surface area contributed by atoms with Gasteiger partial charge in [-0.3, -0.25) is 9.59 Å². The lowest BCUT2D eigenvalue weighted by molar-refractivity contribution is -0.139. The van der Waals surface area contributed by atoms with Crippen LogP contribution in [0.4, 0.5) is 0 Å². The highest BCUT2D eigenvalue weighted by Crippen LogP contribution is 2.33. The normalized spacial score (nSPS) is 17.0. The number of amides is 2. The van der Waals surface area contributed by atoms with Crippen LogP contribution in [0.2, 0.25) is 0 Å². The lowest BCUT2D eigenvalue weighted by Gasteiger charge is -2.31. The quantitative estimate of drug-likeness (QED) is 0.736. The number of aromatic amines is 1. The number of aromatic nitrogens is 1. The van der Waals surface area contributed by atoms with E-state index in [2.05, 4.69) is 15.4 Å². The molecule has 0 saturated carbocycles. The number of para-hydroxylation sites is 1. The molecule has 27 heavy (non-hydrogen) atoms. The van der Waals surface area contributed by atoms with E-state index in [0.29, 0.717) is 5.84 Å². The zero-order chi connectivity index (χ0) is 19.1. The van der Waals surface area contributed by atoms with Crippen LogP contribution in [0.15, 0.2) is 53.6 Å². The highest BCUT2D eigenvalue weighted by atomic mass is 16.2. The summed E-state index contributed by atoms with van der Waals surface area (Å²) in [6.45, 7) is 5.31. The van der Waals surface area contributed by atoms with Crippen molar-refractivity contribution in [1.29, 1.82) is 0 Å². The standard InChI is InChI=1S/C21H20N4O2/c1-12-8-10-15(11-9-12)20-23-21(27)19(25(24-20)14(3)26)18-13(2)22-17-7-5-4-6-16(17)18/h4-11,19,22H,1-3H3,(H,23,24,27). The van der Waals surface area contributed by atoms with Crippen LogP contribution >= 0.6 is 0 Å². The molecular weight excluding hydrogens is 340 g/mol. The van der Waals surface area contributed by atoms with Gasteiger partial charge in [0.1, 0.15) is 0 Å². The summed E-state index contributed by atoms with van der Waals surface area (Å²) < 4.78 is 0. The third-order valence-corrected chi connectivity index (χ3v) is 4.81. The fourth-order valence-electron chi connectivity index (χ4n) is 3.48. The van der Waals surface area contributed by atoms with Crippen molar-refractivity contribution in [3.05, 3.63) is 70.9 Å². The maximum Gasteiger partial charge on any atom is 0.255 e. The Balaban J connectivity index is 1.84. The van der Waals surface area contributed by atoms with E-state index in [1.807, 2.05) is 62.4 Å². The van der Waals surface area contributed by atoms with Crippen molar-refractivity contribution in [3.63, 3.8) is 0 Å². The highest BCUT2D eigenvalue weighted by molar-refractivity contribution is 6.12. The average Bonchev–Trinajstić information content (AvgIpc) is 2.97. The van der Waals surface area contributed by atoms with Crippen molar-refractivity contribution in [3.8, 4) is 0 Å². The van der Waals surface area contributed by atoms with Gasteiger partial charge >= 0.3 is 0 Å². The first kappa shape index (κ1) is 17.0. The summed E-state index contributed by atoms with van der Waals surface area (Å²) in [5.41, 5.74) is 4.41. The monoisotopic (exact) mass is 360 g/mol. The predicted octanol–water partition coefficient (Wildman–Crippen LogP) is 3.17. The van der Waals surface area contributed by atoms with Gasteiger partial charge in [-0.05, 0) is 19.9 Å². The molecule has 2 amide bonds. The maximum atomic E-state index is 13.1. The molecule has 0 spiro atoms. The molecule has 1 aliphatic rings. The predicted molar refractivity (Wildman–Crippen MR) is 104 cm³/mol. The minimum Gasteiger partial charge on any atom is -0.358 e. The number of amidine groups is 1. The Kier molecular flexibility index (Phi) is 4.03. The highest BCUT2D eigenvalue weighted by Gasteiger charge is 2.37. The van der Waals surface area contributed by atoms with E-state index in [1.165, 1.54) is 11.9 Å². The van der Waals surface area contributed by atoms with Gasteiger partial charge in [-0.1, -0.05) is 48.0 Å². The second kappa shape index (κ2) is 6.39. The second-order valence-corrected chi connectivity index (χ2v) is 6.78. The van der Waals surface area contributed by atoms with E-state index in [-0.39, 0.29) is 11.8 Å². The number of carbonyl (C=O) groups excluding carboxylic acids is 2. The van der Waals surface area contributed by atoms with Gasteiger partial charge in [0.05, 0.1) is 0 Å². The molecule has 6 nitrogen and oxygen atoms in total. The minimum atomic E-state index is -0.812. The summed E-state index contributed by atoms with van der Waals surface area (Å²) in [5.74, 6) is -0.184. The molecule has 2 heterocycles. The van der Waals surface area contributed by atoms with Crippen molar-refractivity contribution in [1.82, 2.24) is 15.3 Å². The lowest BCUT2D eigenvalue weighted by atomic mass is 10.0. The molecule has 0 fully saturated rings. The van der Waals surface area contributed by atoms with E-state index in [9.17, 15) is 9.59 Å². The van der Waals surface area contributed by atoms with E-state index in [1.54, 1.807) is 0 Å². The van der Waals surface area contributed by atoms with Gasteiger partial charge in [-0.15, -0.1) is 0 Å². The van der Waals surface area contributed by atoms with Crippen LogP contribution in [0.5, 0.6) is 0 Å². The van der Waals surface area contributed by atoms with Gasteiger partial charge in [0.15, 0.2) is 11.9 Å². The molecule has 2 N–H and O–H groups in total. The van der Waals surface area contributed by atoms with Crippen LogP contribution in [-0.2, 0) is 9.59 Å². The van der Waals surface area contributed by atoms with Crippen LogP contribution in [0.3, 0.4) is 0 Å². The third kappa shape index (κ3) is 2.89. The molecule has 1 unspecified atom stereocenters. The summed E-state index contributed by atoms with van der Waals surface area (Å²) in [5, 5.41) is 9.53. The Hall–Kier alpha value is -3.41. The number of carbonyl (C=O) groups is 2. The van der Waals surface area contributed by atoms with Gasteiger partial charge in [-0.25, -0.2) is 5.01 Å². The van der Waals surface area contributed by atoms with Crippen molar-refractivity contribution in [2.75, 3.05) is 0 Å². The number of nitrogens with zero attached hydrogens (tertiary/aromatic N) is 2. The number of H-pyrrole nitrogens is 1. The molecule has 0 aliphatic carbocycles. The molecule has 2 aromatic carbocycles. The molecule has 0 saturated heterocycles. The first-order valence-corrected chi connectivity index (χ1v) is 8.79. The van der Waals surface area contributed by atoms with Gasteiger partial charge in [0.25, 0.3) is 5.91 Å². The summed E-state index contributed by atoms with van der Waals surface area (Å²) in [6, 6.07) is 14.6. The number of rotatable bonds is 2. The Labute approximate surface area is 156 Å². The third-order valence-electron chi connectivity index (χ3n) is 4.81. The Morgan fingerprint density at radius 3 is 2.48 bits per heavy atom. The fourth-order valence-corrected chi connectivity index (χ4v) is 3.48. The topological polar surface area (TPSA) is 77.6 Å². The number of hydrogen-bond donors (Lipinski definition) is 2. The molecule has 0 radical (unpaired) electrons. The van der Waals surface area contributed by atoms with Crippen LogP contribution in [0, 0.1) is 13.8 Å². The fraction of sp³-hybridized carbons (Fsp3) is 0.190. The van der Waals surface area contributed by atoms with E-state index < -0.39 is 6.04 Å². The molecule has 136 valence electrons. The van der Waals surface area contributed by atoms with Gasteiger partial charge in [0.2, 0.25) is 5.91 Å². The summed E-state index contributed by atoms with van der Waals surface area (Å²) in [4.78, 5) is 28.7. The molecular formula is C21H20N4O2. The molecule has 1 aromatic heterocycles. The number of benzene rings is 2. The van der Waals surface area contributed by atoms with Crippen LogP contribution in [0.25, 0.3) is 10.9 Å². The maximum absolute atomic E-state index is 13.1. The van der Waals surface area contributed by atoms with Gasteiger partial charge in [-0.2, -0.15) is 5.10 Å². The summed E-state index contributed by atoms with van der Waals surface area (Å²) >= 11 is 0. The number of nitrogens with one attached hydrogen (secondary N) is 2. The van der Waals surface area contributed by atoms with E-state index in [4.69, 9.17) is 0 Å². The average molecular weight is 360 g/mol. The van der Waals surface area contributed by atoms with Crippen molar-refractivity contribution < 1.29 is 9.59 Å². The Morgan fingerprint density at radius 1 is 1.07 bits per heavy atom. The van der Waals surface area contributed by atoms with Crippen LogP contribution in [-0.4, -0.2) is 27.6 Å². The van der Waals surface area contributed by atoms with E-state index in [0.717, 1.165) is 33.3 Å². The SMILES string of the molecule is CC(=O)N1N=C(c2ccc(C)cc2)NC(=O)C1c1c(C)[nH]c2ccccc12. The number of aryl methyl sites for hydroxylation is 2. The minimum absolute atomic E-state index is 0.274. The van der Waals surface area contributed by atoms with Gasteiger partial charge < -0.3 is 10.3 Å². The van der Waals surface area contributed by atoms with Crippen molar-refractivity contribution >= 4 is 28.6 Å². The van der Waals surface area contributed by atoms with Crippen LogP contribution in [0.1, 0.15) is 35.3 Å². The summed E-state index contributed by atoms with van der Waals surface area (Å²) in [6.07, 6.45) is 0. The molecule has 3 aromatic rings. The van der Waals surface area contributed by atoms with Crippen molar-refractivity contribution in [2.45, 2.75) is 26.8 Å². The van der Waals surface area contributed by atoms with Gasteiger partial charge in [0, 0.05) is 34.6 Å². The molecule has 4 rings (SSSR count). The zero-order valence-electron chi connectivity index (χ0n) is 15.4. The first-order valence-electron chi connectivity index (χ1n) is 8.79. The Morgan fingerprint density at radius 2 is 1.78 bits per heavy atom. The molecule has 1 atom stereocenters. The Bertz CT molecular complexity index is 1080. The molecule has 0 bridgehead atoms. The summed E-state index contributed by atoms with van der Waals surface area (Å²) in [7, 11) is 0. The largest absolute Gasteiger partial charge is 0.358 e. The van der Waals surface area contributed by atoms with Crippen LogP contribution < -0.4 is 5.32 Å². The second-order valence-electron chi connectivity index (χ2n) is 6.78. The number of hydrogen-bond acceptors (Lipinski definition) is 3. The molecule has 1 aliphatic heterocycles.